The molecule has 1 aromatic rings. The lowest BCUT2D eigenvalue weighted by Crippen LogP contribution is -2.34. The molecular weight excluding hydrogens is 224 g/mol. The topological polar surface area (TPSA) is 21.3 Å². The molecule has 0 aliphatic carbocycles. The normalized spacial score (nSPS) is 12.5. The Bertz CT molecular complexity index is 324. The Kier molecular flexibility index (Phi) is 5.91. The highest BCUT2D eigenvalue weighted by Crippen LogP contribution is 2.20. The van der Waals surface area contributed by atoms with Gasteiger partial charge >= 0.3 is 0 Å². The zero-order valence-electron chi connectivity index (χ0n) is 10.3. The predicted octanol–water partition coefficient (Wildman–Crippen LogP) is 3.12. The molecule has 1 aromatic carbocycles. The highest BCUT2D eigenvalue weighted by molar-refractivity contribution is 5.26. The predicted molar refractivity (Wildman–Crippen MR) is 64.2 cm³/mol. The zero-order chi connectivity index (χ0) is 12.7. The molecule has 0 bridgehead atoms. The van der Waals surface area contributed by atoms with Gasteiger partial charge in [0.1, 0.15) is 6.61 Å². The van der Waals surface area contributed by atoms with Crippen molar-refractivity contribution in [1.82, 2.24) is 5.32 Å². The molecule has 1 unspecified atom stereocenters. The van der Waals surface area contributed by atoms with Crippen molar-refractivity contribution < 1.29 is 13.5 Å². The van der Waals surface area contributed by atoms with Crippen LogP contribution in [0.25, 0.3) is 0 Å². The maximum atomic E-state index is 13.3. The minimum absolute atomic E-state index is 0.119. The van der Waals surface area contributed by atoms with Gasteiger partial charge in [-0.1, -0.05) is 19.9 Å². The van der Waals surface area contributed by atoms with Crippen LogP contribution in [0.5, 0.6) is 5.75 Å². The Hall–Kier alpha value is -1.16. The van der Waals surface area contributed by atoms with Crippen molar-refractivity contribution in [1.29, 1.82) is 0 Å². The minimum Gasteiger partial charge on any atom is -0.486 e. The first-order valence-corrected chi connectivity index (χ1v) is 5.99. The second kappa shape index (κ2) is 7.22. The van der Waals surface area contributed by atoms with Gasteiger partial charge in [-0.05, 0) is 31.5 Å². The number of halogens is 2. The van der Waals surface area contributed by atoms with Gasteiger partial charge in [0.2, 0.25) is 0 Å². The van der Waals surface area contributed by atoms with Crippen LogP contribution in [0.1, 0.15) is 26.7 Å². The summed E-state index contributed by atoms with van der Waals surface area (Å²) in [5.74, 6) is -1.60. The lowest BCUT2D eigenvalue weighted by Gasteiger charge is -2.17. The number of nitrogens with one attached hydrogen (secondary N) is 1. The van der Waals surface area contributed by atoms with E-state index in [-0.39, 0.29) is 18.4 Å². The first-order chi connectivity index (χ1) is 8.19. The van der Waals surface area contributed by atoms with Crippen molar-refractivity contribution in [3.05, 3.63) is 29.8 Å². The van der Waals surface area contributed by atoms with Gasteiger partial charge in [-0.25, -0.2) is 8.78 Å². The largest absolute Gasteiger partial charge is 0.486 e. The third-order valence-corrected chi connectivity index (χ3v) is 2.52. The van der Waals surface area contributed by atoms with Crippen LogP contribution in [0.3, 0.4) is 0 Å². The molecule has 1 rings (SSSR count). The lowest BCUT2D eigenvalue weighted by molar-refractivity contribution is 0.239. The molecule has 0 saturated heterocycles. The molecule has 0 fully saturated rings. The first-order valence-electron chi connectivity index (χ1n) is 5.99. The summed E-state index contributed by atoms with van der Waals surface area (Å²) in [6.45, 7) is 5.22. The minimum atomic E-state index is -0.657. The van der Waals surface area contributed by atoms with Gasteiger partial charge in [0.25, 0.3) is 0 Å². The van der Waals surface area contributed by atoms with Gasteiger partial charge < -0.3 is 10.1 Å². The first kappa shape index (κ1) is 13.9. The van der Waals surface area contributed by atoms with E-state index in [9.17, 15) is 8.78 Å². The average molecular weight is 243 g/mol. The standard InChI is InChI=1S/C13H19F2NO/c1-3-8-16-10(4-2)9-17-13-11(14)6-5-7-12(13)15/h5-7,10,16H,3-4,8-9H2,1-2H3. The van der Waals surface area contributed by atoms with Crippen LogP contribution in [-0.2, 0) is 0 Å². The van der Waals surface area contributed by atoms with Gasteiger partial charge in [0.15, 0.2) is 17.4 Å². The monoisotopic (exact) mass is 243 g/mol. The molecule has 0 aliphatic heterocycles. The van der Waals surface area contributed by atoms with Gasteiger partial charge in [-0.2, -0.15) is 0 Å². The smallest absolute Gasteiger partial charge is 0.190 e. The van der Waals surface area contributed by atoms with Gasteiger partial charge in [0, 0.05) is 6.04 Å². The molecule has 1 N–H and O–H groups in total. The fraction of sp³-hybridized carbons (Fsp3) is 0.538. The molecule has 4 heteroatoms. The summed E-state index contributed by atoms with van der Waals surface area (Å²) in [4.78, 5) is 0. The van der Waals surface area contributed by atoms with Crippen LogP contribution < -0.4 is 10.1 Å². The van der Waals surface area contributed by atoms with Crippen LogP contribution in [0.15, 0.2) is 18.2 Å². The van der Waals surface area contributed by atoms with Crippen LogP contribution in [0.4, 0.5) is 8.78 Å². The summed E-state index contributed by atoms with van der Waals surface area (Å²) in [7, 11) is 0. The summed E-state index contributed by atoms with van der Waals surface area (Å²) >= 11 is 0. The molecule has 96 valence electrons. The molecule has 0 amide bonds. The summed E-state index contributed by atoms with van der Waals surface area (Å²) in [6, 6.07) is 3.83. The number of hydrogen-bond acceptors (Lipinski definition) is 2. The number of rotatable bonds is 7. The van der Waals surface area contributed by atoms with Gasteiger partial charge in [0.05, 0.1) is 0 Å². The van der Waals surface area contributed by atoms with E-state index >= 15 is 0 Å². The van der Waals surface area contributed by atoms with E-state index in [1.807, 2.05) is 6.92 Å². The van der Waals surface area contributed by atoms with E-state index in [1.54, 1.807) is 0 Å². The Morgan fingerprint density at radius 3 is 2.41 bits per heavy atom. The number of ether oxygens (including phenoxy) is 1. The average Bonchev–Trinajstić information content (AvgIpc) is 2.32. The Balaban J connectivity index is 2.53. The fourth-order valence-electron chi connectivity index (χ4n) is 1.47. The third-order valence-electron chi connectivity index (χ3n) is 2.52. The lowest BCUT2D eigenvalue weighted by atomic mass is 10.2. The fourth-order valence-corrected chi connectivity index (χ4v) is 1.47. The summed E-state index contributed by atoms with van der Waals surface area (Å²) in [5.41, 5.74) is 0. The molecule has 1 atom stereocenters. The maximum Gasteiger partial charge on any atom is 0.190 e. The van der Waals surface area contributed by atoms with Crippen molar-refractivity contribution in [2.24, 2.45) is 0 Å². The van der Waals surface area contributed by atoms with Crippen LogP contribution in [-0.4, -0.2) is 19.2 Å². The third kappa shape index (κ3) is 4.30. The van der Waals surface area contributed by atoms with Crippen molar-refractivity contribution >= 4 is 0 Å². The van der Waals surface area contributed by atoms with E-state index < -0.39 is 11.6 Å². The molecule has 0 radical (unpaired) electrons. The molecule has 0 aromatic heterocycles. The zero-order valence-corrected chi connectivity index (χ0v) is 10.3. The molecule has 0 heterocycles. The number of hydrogen-bond donors (Lipinski definition) is 1. The van der Waals surface area contributed by atoms with E-state index in [2.05, 4.69) is 12.2 Å². The number of para-hydroxylation sites is 1. The summed E-state index contributed by atoms with van der Waals surface area (Å²) < 4.78 is 31.7. The van der Waals surface area contributed by atoms with E-state index in [0.29, 0.717) is 0 Å². The molecule has 0 saturated carbocycles. The van der Waals surface area contributed by atoms with E-state index in [4.69, 9.17) is 4.74 Å². The molecule has 0 spiro atoms. The summed E-state index contributed by atoms with van der Waals surface area (Å²) in [5, 5.41) is 3.26. The van der Waals surface area contributed by atoms with E-state index in [0.717, 1.165) is 19.4 Å². The SMILES string of the molecule is CCCNC(CC)COc1c(F)cccc1F. The van der Waals surface area contributed by atoms with Crippen LogP contribution in [0, 0.1) is 11.6 Å². The Morgan fingerprint density at radius 2 is 1.88 bits per heavy atom. The Morgan fingerprint density at radius 1 is 1.24 bits per heavy atom. The highest BCUT2D eigenvalue weighted by atomic mass is 19.1. The van der Waals surface area contributed by atoms with Crippen molar-refractivity contribution in [2.75, 3.05) is 13.2 Å². The quantitative estimate of drug-likeness (QED) is 0.794. The van der Waals surface area contributed by atoms with Gasteiger partial charge in [-0.3, -0.25) is 0 Å². The molecule has 0 aliphatic rings. The molecular formula is C13H19F2NO. The van der Waals surface area contributed by atoms with Crippen molar-refractivity contribution in [3.63, 3.8) is 0 Å². The Labute approximate surface area is 101 Å². The number of benzene rings is 1. The van der Waals surface area contributed by atoms with Gasteiger partial charge in [-0.15, -0.1) is 0 Å². The molecule has 2 nitrogen and oxygen atoms in total. The van der Waals surface area contributed by atoms with Crippen molar-refractivity contribution in [3.8, 4) is 5.75 Å². The highest BCUT2D eigenvalue weighted by Gasteiger charge is 2.12. The maximum absolute atomic E-state index is 13.3. The summed E-state index contributed by atoms with van der Waals surface area (Å²) in [6.07, 6.45) is 1.88. The second-order valence-corrected chi connectivity index (χ2v) is 3.92. The van der Waals surface area contributed by atoms with Crippen molar-refractivity contribution in [2.45, 2.75) is 32.7 Å². The molecule has 17 heavy (non-hydrogen) atoms. The van der Waals surface area contributed by atoms with Crippen LogP contribution in [0.2, 0.25) is 0 Å². The van der Waals surface area contributed by atoms with Crippen LogP contribution >= 0.6 is 0 Å². The van der Waals surface area contributed by atoms with E-state index in [1.165, 1.54) is 18.2 Å². The second-order valence-electron chi connectivity index (χ2n) is 3.92.